The number of rotatable bonds is 4. The van der Waals surface area contributed by atoms with Crippen molar-refractivity contribution in [1.82, 2.24) is 10.2 Å². The van der Waals surface area contributed by atoms with Crippen LogP contribution in [0.5, 0.6) is 0 Å². The molecule has 2 aromatic rings. The van der Waals surface area contributed by atoms with E-state index in [0.717, 1.165) is 29.8 Å². The second-order valence-corrected chi connectivity index (χ2v) is 6.01. The van der Waals surface area contributed by atoms with Gasteiger partial charge in [-0.25, -0.2) is 0 Å². The summed E-state index contributed by atoms with van der Waals surface area (Å²) in [5, 5.41) is 9.82. The molecule has 1 amide bonds. The molecule has 3 rings (SSSR count). The van der Waals surface area contributed by atoms with Crippen LogP contribution in [0.2, 0.25) is 0 Å². The Bertz CT molecular complexity index is 606. The lowest BCUT2D eigenvalue weighted by Gasteiger charge is -2.27. The summed E-state index contributed by atoms with van der Waals surface area (Å²) in [6, 6.07) is 9.84. The molecule has 1 aliphatic rings. The van der Waals surface area contributed by atoms with E-state index >= 15 is 0 Å². The minimum absolute atomic E-state index is 0.0524. The lowest BCUT2D eigenvalue weighted by molar-refractivity contribution is -0.117. The molecule has 0 radical (unpaired) electrons. The van der Waals surface area contributed by atoms with Crippen LogP contribution in [0, 0.1) is 5.92 Å². The molecule has 5 nitrogen and oxygen atoms in total. The van der Waals surface area contributed by atoms with Crippen molar-refractivity contribution in [2.24, 2.45) is 11.7 Å². The van der Waals surface area contributed by atoms with E-state index in [4.69, 9.17) is 5.73 Å². The van der Waals surface area contributed by atoms with Crippen molar-refractivity contribution in [3.05, 3.63) is 36.5 Å². The van der Waals surface area contributed by atoms with E-state index < -0.39 is 0 Å². The molecule has 1 saturated carbocycles. The summed E-state index contributed by atoms with van der Waals surface area (Å²) in [6.07, 6.45) is 6.71. The van der Waals surface area contributed by atoms with Crippen molar-refractivity contribution >= 4 is 11.6 Å². The fourth-order valence-corrected chi connectivity index (χ4v) is 3.09. The third-order valence-electron chi connectivity index (χ3n) is 4.40. The first-order valence-corrected chi connectivity index (χ1v) is 7.87. The number of carbonyl (C=O) groups excluding carboxylic acids is 1. The number of aromatic nitrogens is 2. The third-order valence-corrected chi connectivity index (χ3v) is 4.40. The van der Waals surface area contributed by atoms with E-state index in [0.29, 0.717) is 12.3 Å². The van der Waals surface area contributed by atoms with Gasteiger partial charge in [-0.05, 0) is 42.5 Å². The molecule has 1 aromatic carbocycles. The van der Waals surface area contributed by atoms with Gasteiger partial charge >= 0.3 is 0 Å². The smallest absolute Gasteiger partial charge is 0.224 e. The molecule has 0 spiro atoms. The van der Waals surface area contributed by atoms with Crippen LogP contribution in [0.3, 0.4) is 0 Å². The van der Waals surface area contributed by atoms with Crippen LogP contribution in [0.25, 0.3) is 11.3 Å². The Morgan fingerprint density at radius 2 is 2.00 bits per heavy atom. The Morgan fingerprint density at radius 3 is 2.68 bits per heavy atom. The highest BCUT2D eigenvalue weighted by atomic mass is 16.1. The molecule has 1 aliphatic carbocycles. The van der Waals surface area contributed by atoms with Crippen LogP contribution in [-0.4, -0.2) is 22.1 Å². The second-order valence-electron chi connectivity index (χ2n) is 6.01. The van der Waals surface area contributed by atoms with Gasteiger partial charge in [0.25, 0.3) is 0 Å². The number of aromatic amines is 1. The molecule has 1 heterocycles. The van der Waals surface area contributed by atoms with Crippen LogP contribution < -0.4 is 11.1 Å². The van der Waals surface area contributed by atoms with E-state index in [1.807, 2.05) is 30.3 Å². The summed E-state index contributed by atoms with van der Waals surface area (Å²) in [5.74, 6) is 0.370. The van der Waals surface area contributed by atoms with E-state index in [-0.39, 0.29) is 11.9 Å². The number of nitrogens with two attached hydrogens (primary N) is 1. The average molecular weight is 298 g/mol. The number of nitrogens with zero attached hydrogens (tertiary/aromatic N) is 1. The number of amides is 1. The van der Waals surface area contributed by atoms with Gasteiger partial charge in [0.05, 0.1) is 5.69 Å². The maximum absolute atomic E-state index is 12.2. The first kappa shape index (κ1) is 14.8. The van der Waals surface area contributed by atoms with Gasteiger partial charge in [0.15, 0.2) is 0 Å². The van der Waals surface area contributed by atoms with E-state index in [9.17, 15) is 4.79 Å². The lowest BCUT2D eigenvalue weighted by atomic mass is 9.83. The fourth-order valence-electron chi connectivity index (χ4n) is 3.09. The summed E-state index contributed by atoms with van der Waals surface area (Å²) in [5.41, 5.74) is 8.93. The van der Waals surface area contributed by atoms with E-state index in [2.05, 4.69) is 15.5 Å². The van der Waals surface area contributed by atoms with Gasteiger partial charge < -0.3 is 11.1 Å². The first-order valence-electron chi connectivity index (χ1n) is 7.87. The minimum atomic E-state index is 0.0524. The molecule has 2 atom stereocenters. The first-order chi connectivity index (χ1) is 10.7. The Morgan fingerprint density at radius 1 is 1.23 bits per heavy atom. The zero-order valence-electron chi connectivity index (χ0n) is 12.6. The monoisotopic (exact) mass is 298 g/mol. The summed E-state index contributed by atoms with van der Waals surface area (Å²) >= 11 is 0. The second kappa shape index (κ2) is 6.75. The van der Waals surface area contributed by atoms with Gasteiger partial charge in [-0.1, -0.05) is 25.0 Å². The van der Waals surface area contributed by atoms with Crippen molar-refractivity contribution in [2.45, 2.75) is 38.1 Å². The summed E-state index contributed by atoms with van der Waals surface area (Å²) in [7, 11) is 0. The zero-order chi connectivity index (χ0) is 15.4. The zero-order valence-corrected chi connectivity index (χ0v) is 12.6. The predicted molar refractivity (Wildman–Crippen MR) is 87.2 cm³/mol. The third kappa shape index (κ3) is 3.54. The highest BCUT2D eigenvalue weighted by Crippen LogP contribution is 2.26. The van der Waals surface area contributed by atoms with Crippen molar-refractivity contribution in [2.75, 3.05) is 5.32 Å². The topological polar surface area (TPSA) is 83.8 Å². The highest BCUT2D eigenvalue weighted by Gasteiger charge is 2.24. The van der Waals surface area contributed by atoms with Gasteiger partial charge in [0, 0.05) is 24.3 Å². The molecule has 2 unspecified atom stereocenters. The Kier molecular flexibility index (Phi) is 4.53. The number of benzene rings is 1. The highest BCUT2D eigenvalue weighted by molar-refractivity contribution is 5.91. The molecule has 0 bridgehead atoms. The number of hydrogen-bond acceptors (Lipinski definition) is 3. The van der Waals surface area contributed by atoms with Crippen molar-refractivity contribution in [1.29, 1.82) is 0 Å². The van der Waals surface area contributed by atoms with Crippen LogP contribution in [0.15, 0.2) is 36.5 Å². The molecular formula is C17H22N4O. The van der Waals surface area contributed by atoms with Gasteiger partial charge in [0.2, 0.25) is 5.91 Å². The number of anilines is 1. The molecule has 5 heteroatoms. The molecule has 116 valence electrons. The summed E-state index contributed by atoms with van der Waals surface area (Å²) < 4.78 is 0. The average Bonchev–Trinajstić information content (AvgIpc) is 3.05. The summed E-state index contributed by atoms with van der Waals surface area (Å²) in [4.78, 5) is 12.2. The Balaban J connectivity index is 1.57. The van der Waals surface area contributed by atoms with Gasteiger partial charge in [-0.15, -0.1) is 0 Å². The van der Waals surface area contributed by atoms with Crippen LogP contribution in [0.4, 0.5) is 5.69 Å². The normalized spacial score (nSPS) is 21.5. The van der Waals surface area contributed by atoms with Crippen LogP contribution >= 0.6 is 0 Å². The fraction of sp³-hybridized carbons (Fsp3) is 0.412. The number of H-pyrrole nitrogens is 1. The maximum atomic E-state index is 12.2. The van der Waals surface area contributed by atoms with Crippen molar-refractivity contribution in [3.63, 3.8) is 0 Å². The van der Waals surface area contributed by atoms with Crippen LogP contribution in [-0.2, 0) is 4.79 Å². The van der Waals surface area contributed by atoms with Crippen molar-refractivity contribution in [3.8, 4) is 11.3 Å². The molecule has 0 aliphatic heterocycles. The molecule has 4 N–H and O–H groups in total. The lowest BCUT2D eigenvalue weighted by Crippen LogP contribution is -2.35. The molecular weight excluding hydrogens is 276 g/mol. The standard InChI is InChI=1S/C17H22N4O/c18-15-4-2-1-3-13(15)11-17(22)20-14-7-5-12(6-8-14)16-9-10-19-21-16/h5-10,13,15H,1-4,11,18H2,(H,19,21)(H,20,22). The van der Waals surface area contributed by atoms with Gasteiger partial charge in [-0.2, -0.15) is 5.10 Å². The number of carbonyl (C=O) groups is 1. The Hall–Kier alpha value is -2.14. The predicted octanol–water partition coefficient (Wildman–Crippen LogP) is 2.92. The summed E-state index contributed by atoms with van der Waals surface area (Å²) in [6.45, 7) is 0. The maximum Gasteiger partial charge on any atom is 0.224 e. The van der Waals surface area contributed by atoms with E-state index in [1.54, 1.807) is 6.20 Å². The molecule has 22 heavy (non-hydrogen) atoms. The van der Waals surface area contributed by atoms with Gasteiger partial charge in [-0.3, -0.25) is 9.89 Å². The SMILES string of the molecule is NC1CCCCC1CC(=O)Nc1ccc(-c2ccn[nH]2)cc1. The number of hydrogen-bond donors (Lipinski definition) is 3. The van der Waals surface area contributed by atoms with Gasteiger partial charge in [0.1, 0.15) is 0 Å². The van der Waals surface area contributed by atoms with E-state index in [1.165, 1.54) is 12.8 Å². The van der Waals surface area contributed by atoms with Crippen molar-refractivity contribution < 1.29 is 4.79 Å². The molecule has 0 saturated heterocycles. The minimum Gasteiger partial charge on any atom is -0.327 e. The Labute approximate surface area is 130 Å². The van der Waals surface area contributed by atoms with Crippen LogP contribution in [0.1, 0.15) is 32.1 Å². The number of nitrogens with one attached hydrogen (secondary N) is 2. The largest absolute Gasteiger partial charge is 0.327 e. The molecule has 1 fully saturated rings. The quantitative estimate of drug-likeness (QED) is 0.811. The molecule has 1 aromatic heterocycles.